The van der Waals surface area contributed by atoms with Crippen molar-refractivity contribution in [1.29, 1.82) is 0 Å². The molecular weight excluding hydrogens is 335 g/mol. The van der Waals surface area contributed by atoms with E-state index in [2.05, 4.69) is 20.4 Å². The number of anilines is 2. The average molecular weight is 351 g/mol. The lowest BCUT2D eigenvalue weighted by Crippen LogP contribution is -2.37. The summed E-state index contributed by atoms with van der Waals surface area (Å²) >= 11 is 0. The van der Waals surface area contributed by atoms with E-state index in [9.17, 15) is 18.0 Å². The van der Waals surface area contributed by atoms with Gasteiger partial charge in [0, 0.05) is 32.4 Å². The number of alkyl halides is 3. The summed E-state index contributed by atoms with van der Waals surface area (Å²) in [6.07, 6.45) is -4.56. The number of carbonyl (C=O) groups is 1. The van der Waals surface area contributed by atoms with Crippen molar-refractivity contribution in [3.63, 3.8) is 0 Å². The first-order chi connectivity index (χ1) is 11.8. The first-order valence-corrected chi connectivity index (χ1v) is 7.60. The molecule has 0 saturated carbocycles. The van der Waals surface area contributed by atoms with Crippen molar-refractivity contribution in [2.75, 3.05) is 30.4 Å². The van der Waals surface area contributed by atoms with Crippen molar-refractivity contribution < 1.29 is 18.0 Å². The molecule has 132 valence electrons. The van der Waals surface area contributed by atoms with Crippen LogP contribution in [0, 0.1) is 0 Å². The SMILES string of the molecule is CN1CCN(C(=O)Nc2ccc(C(F)(F)F)nn2)Cc2ccccc21. The number of likely N-dealkylation sites (N-methyl/N-ethyl adjacent to an activating group) is 1. The van der Waals surface area contributed by atoms with Gasteiger partial charge in [0.1, 0.15) is 0 Å². The molecule has 1 aromatic heterocycles. The number of halogens is 3. The summed E-state index contributed by atoms with van der Waals surface area (Å²) in [5, 5.41) is 9.01. The molecular formula is C16H16F3N5O. The van der Waals surface area contributed by atoms with Gasteiger partial charge in [-0.2, -0.15) is 13.2 Å². The Hall–Kier alpha value is -2.84. The van der Waals surface area contributed by atoms with Gasteiger partial charge >= 0.3 is 12.2 Å². The predicted molar refractivity (Wildman–Crippen MR) is 86.2 cm³/mol. The lowest BCUT2D eigenvalue weighted by atomic mass is 10.1. The van der Waals surface area contributed by atoms with Gasteiger partial charge in [-0.15, -0.1) is 10.2 Å². The Morgan fingerprint density at radius 2 is 1.88 bits per heavy atom. The molecule has 0 atom stereocenters. The number of hydrogen-bond acceptors (Lipinski definition) is 4. The summed E-state index contributed by atoms with van der Waals surface area (Å²) in [5.74, 6) is -0.0242. The molecule has 1 aliphatic heterocycles. The molecule has 0 bridgehead atoms. The van der Waals surface area contributed by atoms with Crippen LogP contribution in [-0.2, 0) is 12.7 Å². The Morgan fingerprint density at radius 1 is 1.12 bits per heavy atom. The van der Waals surface area contributed by atoms with E-state index in [1.807, 2.05) is 31.3 Å². The van der Waals surface area contributed by atoms with E-state index in [1.165, 1.54) is 0 Å². The second-order valence-electron chi connectivity index (χ2n) is 5.70. The molecule has 1 N–H and O–H groups in total. The predicted octanol–water partition coefficient (Wildman–Crippen LogP) is 2.98. The zero-order chi connectivity index (χ0) is 18.0. The molecule has 2 amide bonds. The van der Waals surface area contributed by atoms with Gasteiger partial charge in [0.2, 0.25) is 0 Å². The fourth-order valence-electron chi connectivity index (χ4n) is 2.60. The highest BCUT2D eigenvalue weighted by atomic mass is 19.4. The first kappa shape index (κ1) is 17.0. The van der Waals surface area contributed by atoms with Crippen LogP contribution < -0.4 is 10.2 Å². The van der Waals surface area contributed by atoms with Crippen molar-refractivity contribution in [3.05, 3.63) is 47.7 Å². The molecule has 25 heavy (non-hydrogen) atoms. The Bertz CT molecular complexity index is 763. The lowest BCUT2D eigenvalue weighted by molar-refractivity contribution is -0.141. The molecule has 2 aromatic rings. The van der Waals surface area contributed by atoms with E-state index in [-0.39, 0.29) is 5.82 Å². The number of para-hydroxylation sites is 1. The van der Waals surface area contributed by atoms with Gasteiger partial charge in [-0.05, 0) is 23.8 Å². The fourth-order valence-corrected chi connectivity index (χ4v) is 2.60. The average Bonchev–Trinajstić information content (AvgIpc) is 2.74. The monoisotopic (exact) mass is 351 g/mol. The van der Waals surface area contributed by atoms with Crippen molar-refractivity contribution in [2.24, 2.45) is 0 Å². The van der Waals surface area contributed by atoms with E-state index >= 15 is 0 Å². The van der Waals surface area contributed by atoms with Crippen LogP contribution in [0.2, 0.25) is 0 Å². The van der Waals surface area contributed by atoms with Gasteiger partial charge in [-0.1, -0.05) is 18.2 Å². The molecule has 2 heterocycles. The molecule has 6 nitrogen and oxygen atoms in total. The largest absolute Gasteiger partial charge is 0.435 e. The number of urea groups is 1. The zero-order valence-corrected chi connectivity index (χ0v) is 13.4. The van der Waals surface area contributed by atoms with Gasteiger partial charge in [-0.25, -0.2) is 4.79 Å². The Morgan fingerprint density at radius 3 is 2.56 bits per heavy atom. The van der Waals surface area contributed by atoms with Gasteiger partial charge in [0.05, 0.1) is 0 Å². The Kier molecular flexibility index (Phi) is 4.47. The van der Waals surface area contributed by atoms with Crippen molar-refractivity contribution >= 4 is 17.5 Å². The van der Waals surface area contributed by atoms with Crippen molar-refractivity contribution in [1.82, 2.24) is 15.1 Å². The second kappa shape index (κ2) is 6.58. The number of aromatic nitrogens is 2. The highest BCUT2D eigenvalue weighted by Gasteiger charge is 2.33. The lowest BCUT2D eigenvalue weighted by Gasteiger charge is -2.21. The maximum atomic E-state index is 12.5. The number of amides is 2. The maximum absolute atomic E-state index is 12.5. The minimum atomic E-state index is -4.56. The quantitative estimate of drug-likeness (QED) is 0.858. The molecule has 1 aromatic carbocycles. The molecule has 3 rings (SSSR count). The van der Waals surface area contributed by atoms with Crippen LogP contribution in [0.3, 0.4) is 0 Å². The van der Waals surface area contributed by atoms with Gasteiger partial charge < -0.3 is 9.80 Å². The highest BCUT2D eigenvalue weighted by molar-refractivity contribution is 5.88. The van der Waals surface area contributed by atoms with E-state index in [1.54, 1.807) is 4.90 Å². The topological polar surface area (TPSA) is 61.4 Å². The Labute approximate surface area is 142 Å². The second-order valence-corrected chi connectivity index (χ2v) is 5.70. The molecule has 0 saturated heterocycles. The van der Waals surface area contributed by atoms with Crippen LogP contribution in [-0.4, -0.2) is 41.3 Å². The summed E-state index contributed by atoms with van der Waals surface area (Å²) in [6, 6.07) is 9.20. The van der Waals surface area contributed by atoms with Crippen molar-refractivity contribution in [2.45, 2.75) is 12.7 Å². The normalized spacial score (nSPS) is 14.7. The third kappa shape index (κ3) is 3.81. The van der Waals surface area contributed by atoms with Crippen LogP contribution in [0.5, 0.6) is 0 Å². The summed E-state index contributed by atoms with van der Waals surface area (Å²) < 4.78 is 37.5. The molecule has 0 fully saturated rings. The molecule has 9 heteroatoms. The van der Waals surface area contributed by atoms with Crippen molar-refractivity contribution in [3.8, 4) is 0 Å². The van der Waals surface area contributed by atoms with Crippen LogP contribution in [0.15, 0.2) is 36.4 Å². The van der Waals surface area contributed by atoms with Gasteiger partial charge in [0.25, 0.3) is 0 Å². The molecule has 1 aliphatic rings. The van der Waals surface area contributed by atoms with Gasteiger partial charge in [-0.3, -0.25) is 5.32 Å². The molecule has 0 unspecified atom stereocenters. The summed E-state index contributed by atoms with van der Waals surface area (Å²) in [5.41, 5.74) is 0.944. The van der Waals surface area contributed by atoms with Crippen LogP contribution in [0.4, 0.5) is 29.5 Å². The summed E-state index contributed by atoms with van der Waals surface area (Å²) in [4.78, 5) is 16.1. The third-order valence-electron chi connectivity index (χ3n) is 3.95. The van der Waals surface area contributed by atoms with Crippen LogP contribution >= 0.6 is 0 Å². The minimum Gasteiger partial charge on any atom is -0.373 e. The van der Waals surface area contributed by atoms with E-state index in [0.29, 0.717) is 19.6 Å². The number of fused-ring (bicyclic) bond motifs is 1. The highest BCUT2D eigenvalue weighted by Crippen LogP contribution is 2.27. The minimum absolute atomic E-state index is 0.0242. The van der Waals surface area contributed by atoms with Crippen LogP contribution in [0.1, 0.15) is 11.3 Å². The number of carbonyl (C=O) groups excluding carboxylic acids is 1. The standard InChI is InChI=1S/C16H16F3N5O/c1-23-8-9-24(10-11-4-2-3-5-12(11)23)15(25)20-14-7-6-13(21-22-14)16(17,18)19/h2-7H,8-10H2,1H3,(H,20,22,25). The molecule has 0 radical (unpaired) electrons. The maximum Gasteiger partial charge on any atom is 0.435 e. The van der Waals surface area contributed by atoms with E-state index in [0.717, 1.165) is 23.4 Å². The van der Waals surface area contributed by atoms with E-state index < -0.39 is 17.9 Å². The van der Waals surface area contributed by atoms with Crippen LogP contribution in [0.25, 0.3) is 0 Å². The fraction of sp³-hybridized carbons (Fsp3) is 0.312. The molecule has 0 spiro atoms. The first-order valence-electron chi connectivity index (χ1n) is 7.60. The van der Waals surface area contributed by atoms with E-state index in [4.69, 9.17) is 0 Å². The zero-order valence-electron chi connectivity index (χ0n) is 13.4. The number of nitrogens with one attached hydrogen (secondary N) is 1. The number of benzene rings is 1. The van der Waals surface area contributed by atoms with Gasteiger partial charge in [0.15, 0.2) is 11.5 Å². The smallest absolute Gasteiger partial charge is 0.373 e. The third-order valence-corrected chi connectivity index (χ3v) is 3.95. The Balaban J connectivity index is 1.71. The summed E-state index contributed by atoms with van der Waals surface area (Å²) in [7, 11) is 1.95. The number of hydrogen-bond donors (Lipinski definition) is 1. The number of nitrogens with zero attached hydrogens (tertiary/aromatic N) is 4. The molecule has 0 aliphatic carbocycles. The number of rotatable bonds is 1. The summed E-state index contributed by atoms with van der Waals surface area (Å²) in [6.45, 7) is 1.52.